The molecule has 4 aromatic carbocycles. The number of rotatable bonds is 9. The number of amides is 3. The van der Waals surface area contributed by atoms with Gasteiger partial charge in [-0.2, -0.15) is 0 Å². The van der Waals surface area contributed by atoms with E-state index >= 15 is 4.79 Å². The standard InChI is InChI=1S/C44H48BrN3O6Si/c1-28-42(55(3,4)36-18-16-35(53-2)17-19-36)39(24-41(51)47-26-31-9-6-5-8-30(31)22-34(47)27-49)54-44(28)37-23-32(45)13-20-38(37)48(43(44)52)25-29-11-14-33(15-12-29)46-21-7-10-40(46)50/h5-6,8-9,11-20,23,28,34,39,42,49H,7,10,21-22,24-27H2,1-4H3/t28-,34-,39+,42-,44+/m0/s1. The second-order valence-electron chi connectivity index (χ2n) is 16.1. The topological polar surface area (TPSA) is 99.6 Å². The molecule has 9 nitrogen and oxygen atoms in total. The zero-order chi connectivity index (χ0) is 38.6. The number of benzene rings is 4. The van der Waals surface area contributed by atoms with Crippen LogP contribution in [-0.2, 0) is 44.2 Å². The first-order valence-corrected chi connectivity index (χ1v) is 23.1. The number of methoxy groups -OCH3 is 1. The van der Waals surface area contributed by atoms with Gasteiger partial charge < -0.3 is 29.3 Å². The molecule has 4 aliphatic rings. The van der Waals surface area contributed by atoms with Crippen LogP contribution in [0.1, 0.15) is 48.4 Å². The number of carbonyl (C=O) groups excluding carboxylic acids is 3. The highest BCUT2D eigenvalue weighted by atomic mass is 79.9. The number of aliphatic hydroxyl groups excluding tert-OH is 1. The fourth-order valence-electron chi connectivity index (χ4n) is 9.86. The Morgan fingerprint density at radius 1 is 1.00 bits per heavy atom. The molecule has 0 aliphatic carbocycles. The molecule has 0 aromatic heterocycles. The largest absolute Gasteiger partial charge is 0.497 e. The monoisotopic (exact) mass is 821 g/mol. The first kappa shape index (κ1) is 37.6. The summed E-state index contributed by atoms with van der Waals surface area (Å²) < 4.78 is 13.6. The quantitative estimate of drug-likeness (QED) is 0.189. The first-order valence-electron chi connectivity index (χ1n) is 19.3. The van der Waals surface area contributed by atoms with Gasteiger partial charge in [-0.3, -0.25) is 14.4 Å². The van der Waals surface area contributed by atoms with Crippen LogP contribution in [0.4, 0.5) is 11.4 Å². The van der Waals surface area contributed by atoms with Crippen molar-refractivity contribution >= 4 is 58.3 Å². The number of ether oxygens (including phenoxy) is 2. The number of nitrogens with zero attached hydrogens (tertiary/aromatic N) is 3. The third-order valence-corrected chi connectivity index (χ3v) is 17.6. The Kier molecular flexibility index (Phi) is 10.0. The molecule has 0 unspecified atom stereocenters. The molecule has 4 aliphatic heterocycles. The molecule has 0 radical (unpaired) electrons. The Labute approximate surface area is 332 Å². The molecular formula is C44H48BrN3O6Si. The molecule has 1 N–H and O–H groups in total. The SMILES string of the molecule is COc1ccc([Si](C)(C)[C@@H]2[C@@H](CC(=O)N3Cc4ccccc4C[C@H]3CO)O[C@]3(C(=O)N(Cc4ccc(N5CCCC5=O)cc4)c4ccc(Br)cc43)[C@H]2C)cc1. The van der Waals surface area contributed by atoms with Gasteiger partial charge in [0.25, 0.3) is 5.91 Å². The van der Waals surface area contributed by atoms with E-state index in [1.165, 1.54) is 5.19 Å². The van der Waals surface area contributed by atoms with Gasteiger partial charge in [-0.05, 0) is 77.5 Å². The van der Waals surface area contributed by atoms with Crippen LogP contribution < -0.4 is 19.7 Å². The molecule has 11 heteroatoms. The Balaban J connectivity index is 1.16. The molecule has 4 heterocycles. The number of anilines is 2. The van der Waals surface area contributed by atoms with Crippen molar-refractivity contribution in [1.29, 1.82) is 0 Å². The van der Waals surface area contributed by atoms with Crippen LogP contribution in [0.5, 0.6) is 5.75 Å². The van der Waals surface area contributed by atoms with Crippen LogP contribution in [-0.4, -0.2) is 68.2 Å². The van der Waals surface area contributed by atoms with Crippen molar-refractivity contribution in [3.8, 4) is 5.75 Å². The smallest absolute Gasteiger partial charge is 0.264 e. The van der Waals surface area contributed by atoms with E-state index in [-0.39, 0.29) is 48.3 Å². The summed E-state index contributed by atoms with van der Waals surface area (Å²) in [5.74, 6) is 0.413. The average molecular weight is 823 g/mol. The van der Waals surface area contributed by atoms with Crippen molar-refractivity contribution in [1.82, 2.24) is 4.90 Å². The second-order valence-corrected chi connectivity index (χ2v) is 21.7. The third-order valence-electron chi connectivity index (χ3n) is 12.7. The number of halogens is 1. The van der Waals surface area contributed by atoms with Gasteiger partial charge in [0.1, 0.15) is 5.75 Å². The second kappa shape index (κ2) is 14.7. The number of fused-ring (bicyclic) bond motifs is 3. The van der Waals surface area contributed by atoms with E-state index in [0.29, 0.717) is 25.9 Å². The summed E-state index contributed by atoms with van der Waals surface area (Å²) in [5.41, 5.74) is 4.20. The van der Waals surface area contributed by atoms with Crippen LogP contribution in [0.2, 0.25) is 18.6 Å². The lowest BCUT2D eigenvalue weighted by atomic mass is 9.82. The number of hydrogen-bond donors (Lipinski definition) is 1. The van der Waals surface area contributed by atoms with Crippen molar-refractivity contribution in [2.45, 2.75) is 82.1 Å². The molecule has 1 spiro atoms. The van der Waals surface area contributed by atoms with Gasteiger partial charge in [-0.15, -0.1) is 0 Å². The predicted molar refractivity (Wildman–Crippen MR) is 219 cm³/mol. The van der Waals surface area contributed by atoms with Gasteiger partial charge in [0.2, 0.25) is 11.8 Å². The maximum atomic E-state index is 15.3. The third kappa shape index (κ3) is 6.42. The van der Waals surface area contributed by atoms with Gasteiger partial charge in [0.15, 0.2) is 5.60 Å². The molecule has 4 aromatic rings. The summed E-state index contributed by atoms with van der Waals surface area (Å²) in [6.07, 6.45) is 1.54. The van der Waals surface area contributed by atoms with E-state index in [4.69, 9.17) is 9.47 Å². The van der Waals surface area contributed by atoms with Crippen LogP contribution in [0, 0.1) is 5.92 Å². The fraction of sp³-hybridized carbons (Fsp3) is 0.386. The van der Waals surface area contributed by atoms with Gasteiger partial charge in [0.05, 0.1) is 52.6 Å². The lowest BCUT2D eigenvalue weighted by molar-refractivity contribution is -0.151. The van der Waals surface area contributed by atoms with Crippen molar-refractivity contribution in [2.24, 2.45) is 5.92 Å². The molecular weight excluding hydrogens is 774 g/mol. The molecule has 2 saturated heterocycles. The summed E-state index contributed by atoms with van der Waals surface area (Å²) in [6.45, 7) is 8.10. The minimum absolute atomic E-state index is 0.0827. The Morgan fingerprint density at radius 2 is 1.73 bits per heavy atom. The summed E-state index contributed by atoms with van der Waals surface area (Å²) in [4.78, 5) is 47.8. The normalized spacial score (nSPS) is 24.8. The minimum Gasteiger partial charge on any atom is -0.497 e. The van der Waals surface area contributed by atoms with E-state index in [1.54, 1.807) is 7.11 Å². The predicted octanol–water partition coefficient (Wildman–Crippen LogP) is 6.68. The van der Waals surface area contributed by atoms with E-state index in [9.17, 15) is 14.7 Å². The number of aliphatic hydroxyl groups is 1. The summed E-state index contributed by atoms with van der Waals surface area (Å²) in [6, 6.07) is 29.8. The highest BCUT2D eigenvalue weighted by Gasteiger charge is 2.66. The Morgan fingerprint density at radius 3 is 2.40 bits per heavy atom. The zero-order valence-electron chi connectivity index (χ0n) is 31.8. The van der Waals surface area contributed by atoms with Crippen LogP contribution >= 0.6 is 15.9 Å². The number of hydrogen-bond acceptors (Lipinski definition) is 6. The van der Waals surface area contributed by atoms with E-state index in [0.717, 1.165) is 56.8 Å². The first-order chi connectivity index (χ1) is 26.5. The van der Waals surface area contributed by atoms with Gasteiger partial charge in [-0.1, -0.05) is 89.7 Å². The highest BCUT2D eigenvalue weighted by molar-refractivity contribution is 9.10. The summed E-state index contributed by atoms with van der Waals surface area (Å²) in [5, 5.41) is 11.7. The lowest BCUT2D eigenvalue weighted by Crippen LogP contribution is -2.52. The summed E-state index contributed by atoms with van der Waals surface area (Å²) in [7, 11) is -0.845. The fourth-order valence-corrected chi connectivity index (χ4v) is 14.2. The molecule has 5 atom stereocenters. The highest BCUT2D eigenvalue weighted by Crippen LogP contribution is 2.60. The number of carbonyl (C=O) groups is 3. The van der Waals surface area contributed by atoms with Gasteiger partial charge >= 0.3 is 0 Å². The maximum absolute atomic E-state index is 15.3. The molecule has 55 heavy (non-hydrogen) atoms. The van der Waals surface area contributed by atoms with Crippen molar-refractivity contribution in [3.63, 3.8) is 0 Å². The van der Waals surface area contributed by atoms with Gasteiger partial charge in [-0.25, -0.2) is 0 Å². The molecule has 286 valence electrons. The summed E-state index contributed by atoms with van der Waals surface area (Å²) >= 11 is 3.70. The van der Waals surface area contributed by atoms with Crippen molar-refractivity contribution in [2.75, 3.05) is 30.1 Å². The zero-order valence-corrected chi connectivity index (χ0v) is 34.4. The van der Waals surface area contributed by atoms with E-state index < -0.39 is 19.8 Å². The van der Waals surface area contributed by atoms with Crippen LogP contribution in [0.3, 0.4) is 0 Å². The van der Waals surface area contributed by atoms with Crippen molar-refractivity contribution in [3.05, 3.63) is 118 Å². The van der Waals surface area contributed by atoms with Gasteiger partial charge in [0, 0.05) is 41.2 Å². The van der Waals surface area contributed by atoms with Crippen LogP contribution in [0.25, 0.3) is 0 Å². The lowest BCUT2D eigenvalue weighted by Gasteiger charge is -2.39. The molecule has 0 bridgehead atoms. The molecule has 0 saturated carbocycles. The van der Waals surface area contributed by atoms with E-state index in [2.05, 4.69) is 60.2 Å². The molecule has 8 rings (SSSR count). The van der Waals surface area contributed by atoms with Crippen LogP contribution in [0.15, 0.2) is 95.5 Å². The average Bonchev–Trinajstić information content (AvgIpc) is 3.82. The Hall–Kier alpha value is -4.29. The molecule has 2 fully saturated rings. The molecule has 3 amide bonds. The maximum Gasteiger partial charge on any atom is 0.264 e. The minimum atomic E-state index is -2.50. The van der Waals surface area contributed by atoms with Crippen molar-refractivity contribution < 1.29 is 29.0 Å². The van der Waals surface area contributed by atoms with E-state index in [1.807, 2.05) is 81.4 Å². The Bertz CT molecular complexity index is 2130.